The summed E-state index contributed by atoms with van der Waals surface area (Å²) in [5, 5.41) is 0. The van der Waals surface area contributed by atoms with E-state index >= 15 is 0 Å². The van der Waals surface area contributed by atoms with Crippen molar-refractivity contribution in [3.63, 3.8) is 0 Å². The zero-order valence-corrected chi connectivity index (χ0v) is 4.87. The summed E-state index contributed by atoms with van der Waals surface area (Å²) in [7, 11) is 0. The maximum absolute atomic E-state index is 10.1. The molecule has 0 aliphatic carbocycles. The Labute approximate surface area is 57.0 Å². The van der Waals surface area contributed by atoms with E-state index in [1.165, 1.54) is 12.3 Å². The molecule has 47 valence electrons. The molecule has 0 aliphatic rings. The van der Waals surface area contributed by atoms with Crippen LogP contribution in [0.25, 0.3) is 0 Å². The zero-order valence-electron chi connectivity index (χ0n) is 3.93. The fourth-order valence-corrected chi connectivity index (χ4v) is 0.325. The van der Waals surface area contributed by atoms with Gasteiger partial charge in [-0.3, -0.25) is 0 Å². The molecule has 0 fully saturated rings. The quantitative estimate of drug-likeness (QED) is 0.520. The first-order valence-corrected chi connectivity index (χ1v) is 1.93. The van der Waals surface area contributed by atoms with Crippen LogP contribution in [0.4, 0.5) is 0 Å². The number of hydrogen-bond acceptors (Lipinski definition) is 2. The Hall–Kier alpha value is -0.531. The molecule has 0 saturated heterocycles. The van der Waals surface area contributed by atoms with Crippen LogP contribution >= 0.6 is 0 Å². The summed E-state index contributed by atoms with van der Waals surface area (Å²) >= 11 is 0. The Bertz CT molecular complexity index is 176. The molecule has 0 atom stereocenters. The van der Waals surface area contributed by atoms with E-state index in [1.54, 1.807) is 12.1 Å². The molecule has 2 nitrogen and oxygen atoms in total. The molecule has 0 saturated carbocycles. The van der Waals surface area contributed by atoms with E-state index in [-0.39, 0.29) is 22.7 Å². The van der Waals surface area contributed by atoms with Crippen molar-refractivity contribution in [1.82, 2.24) is 0 Å². The van der Waals surface area contributed by atoms with Crippen LogP contribution in [0.1, 0.15) is 0 Å². The molecule has 0 unspecified atom stereocenters. The molecule has 0 amide bonds. The van der Waals surface area contributed by atoms with E-state index in [0.29, 0.717) is 0 Å². The molecule has 0 N–H and O–H groups in total. The largest absolute Gasteiger partial charge is 0.431 e. The summed E-state index contributed by atoms with van der Waals surface area (Å²) in [6, 6.07) is 4.65. The fourth-order valence-electron chi connectivity index (χ4n) is 0.325. The first-order valence-electron chi connectivity index (χ1n) is 1.93. The van der Waals surface area contributed by atoms with Gasteiger partial charge in [-0.15, -0.1) is 0 Å². The van der Waals surface area contributed by atoms with Gasteiger partial charge in [-0.1, -0.05) is 6.07 Å². The molecule has 1 heterocycles. The standard InChI is InChI=1S/C5H4O2.Cu/c6-5-3-1-2-4-7-5;/h1-4H;. The topological polar surface area (TPSA) is 30.2 Å². The van der Waals surface area contributed by atoms with Crippen molar-refractivity contribution >= 4 is 0 Å². The third kappa shape index (κ3) is 1.96. The second-order valence-electron chi connectivity index (χ2n) is 1.12. The minimum atomic E-state index is -0.303. The van der Waals surface area contributed by atoms with Crippen molar-refractivity contribution in [3.8, 4) is 0 Å². The Morgan fingerprint density at radius 1 is 1.38 bits per heavy atom. The van der Waals surface area contributed by atoms with Crippen molar-refractivity contribution in [3.05, 3.63) is 34.9 Å². The normalized spacial score (nSPS) is 7.50. The van der Waals surface area contributed by atoms with E-state index in [9.17, 15) is 4.79 Å². The van der Waals surface area contributed by atoms with Crippen LogP contribution in [0, 0.1) is 0 Å². The first-order chi connectivity index (χ1) is 3.39. The zero-order chi connectivity index (χ0) is 5.11. The molecule has 0 spiro atoms. The second kappa shape index (κ2) is 3.47. The molecule has 1 rings (SSSR count). The smallest absolute Gasteiger partial charge is 0.335 e. The molecule has 8 heavy (non-hydrogen) atoms. The molecule has 1 aromatic rings. The minimum absolute atomic E-state index is 0. The second-order valence-corrected chi connectivity index (χ2v) is 1.12. The van der Waals surface area contributed by atoms with E-state index < -0.39 is 0 Å². The van der Waals surface area contributed by atoms with E-state index in [0.717, 1.165) is 0 Å². The Morgan fingerprint density at radius 3 is 2.38 bits per heavy atom. The summed E-state index contributed by atoms with van der Waals surface area (Å²) < 4.78 is 4.37. The van der Waals surface area contributed by atoms with Crippen LogP contribution < -0.4 is 5.63 Å². The van der Waals surface area contributed by atoms with E-state index in [1.807, 2.05) is 0 Å². The van der Waals surface area contributed by atoms with Gasteiger partial charge in [0.05, 0.1) is 6.26 Å². The van der Waals surface area contributed by atoms with Gasteiger partial charge in [0.25, 0.3) is 0 Å². The van der Waals surface area contributed by atoms with Gasteiger partial charge in [-0.05, 0) is 6.07 Å². The predicted octanol–water partition coefficient (Wildman–Crippen LogP) is 0.637. The molecule has 1 radical (unpaired) electrons. The van der Waals surface area contributed by atoms with Crippen molar-refractivity contribution < 1.29 is 21.5 Å². The molecule has 0 aliphatic heterocycles. The average molecular weight is 160 g/mol. The van der Waals surface area contributed by atoms with Crippen molar-refractivity contribution in [2.45, 2.75) is 0 Å². The SMILES string of the molecule is O=c1cccco1.[Cu]. The maximum atomic E-state index is 10.1. The number of hydrogen-bond donors (Lipinski definition) is 0. The van der Waals surface area contributed by atoms with Crippen LogP contribution in [0.2, 0.25) is 0 Å². The van der Waals surface area contributed by atoms with Crippen LogP contribution in [0.15, 0.2) is 33.7 Å². The fraction of sp³-hybridized carbons (Fsp3) is 0. The van der Waals surface area contributed by atoms with Crippen molar-refractivity contribution in [2.75, 3.05) is 0 Å². The van der Waals surface area contributed by atoms with E-state index in [2.05, 4.69) is 4.42 Å². The molecule has 0 aromatic carbocycles. The summed E-state index contributed by atoms with van der Waals surface area (Å²) in [5.41, 5.74) is -0.303. The molecular formula is C5H4CuO2. The summed E-state index contributed by atoms with van der Waals surface area (Å²) in [5.74, 6) is 0. The third-order valence-corrected chi connectivity index (χ3v) is 0.606. The van der Waals surface area contributed by atoms with Crippen molar-refractivity contribution in [2.24, 2.45) is 0 Å². The monoisotopic (exact) mass is 159 g/mol. The molecule has 0 bridgehead atoms. The molecular weight excluding hydrogens is 156 g/mol. The van der Waals surface area contributed by atoms with E-state index in [4.69, 9.17) is 0 Å². The molecule has 1 aromatic heterocycles. The van der Waals surface area contributed by atoms with Crippen LogP contribution in [0.3, 0.4) is 0 Å². The van der Waals surface area contributed by atoms with Gasteiger partial charge in [0.1, 0.15) is 0 Å². The predicted molar refractivity (Wildman–Crippen MR) is 25.0 cm³/mol. The number of rotatable bonds is 0. The Morgan fingerprint density at radius 2 is 2.12 bits per heavy atom. The summed E-state index contributed by atoms with van der Waals surface area (Å²) in [4.78, 5) is 10.1. The summed E-state index contributed by atoms with van der Waals surface area (Å²) in [6.07, 6.45) is 1.35. The van der Waals surface area contributed by atoms with Gasteiger partial charge in [0.2, 0.25) is 0 Å². The average Bonchev–Trinajstić information content (AvgIpc) is 1.69. The minimum Gasteiger partial charge on any atom is -0.431 e. The summed E-state index contributed by atoms with van der Waals surface area (Å²) in [6.45, 7) is 0. The van der Waals surface area contributed by atoms with Gasteiger partial charge in [-0.2, -0.15) is 0 Å². The van der Waals surface area contributed by atoms with Gasteiger partial charge >= 0.3 is 5.63 Å². The van der Waals surface area contributed by atoms with Crippen LogP contribution in [-0.4, -0.2) is 0 Å². The first kappa shape index (κ1) is 7.47. The van der Waals surface area contributed by atoms with Crippen molar-refractivity contribution in [1.29, 1.82) is 0 Å². The third-order valence-electron chi connectivity index (χ3n) is 0.606. The van der Waals surface area contributed by atoms with Gasteiger partial charge in [0.15, 0.2) is 0 Å². The van der Waals surface area contributed by atoms with Gasteiger partial charge in [-0.25, -0.2) is 4.79 Å². The Kier molecular flexibility index (Phi) is 3.24. The van der Waals surface area contributed by atoms with Crippen LogP contribution in [0.5, 0.6) is 0 Å². The van der Waals surface area contributed by atoms with Gasteiger partial charge in [0, 0.05) is 23.1 Å². The Balaban J connectivity index is 0.000000490. The molecule has 3 heteroatoms. The van der Waals surface area contributed by atoms with Crippen LogP contribution in [-0.2, 0) is 17.1 Å². The van der Waals surface area contributed by atoms with Gasteiger partial charge < -0.3 is 4.42 Å². The maximum Gasteiger partial charge on any atom is 0.335 e.